The number of carbonyl (C=O) groups is 2. The summed E-state index contributed by atoms with van der Waals surface area (Å²) in [6.07, 6.45) is 0.409. The van der Waals surface area contributed by atoms with Crippen molar-refractivity contribution >= 4 is 17.6 Å². The maximum atomic E-state index is 12.5. The Morgan fingerprint density at radius 3 is 2.40 bits per heavy atom. The minimum atomic E-state index is -0.850. The first-order chi connectivity index (χ1) is 11.7. The lowest BCUT2D eigenvalue weighted by atomic mass is 10.0. The number of hydrogen-bond acceptors (Lipinski definition) is 4. The molecule has 0 radical (unpaired) electrons. The second kappa shape index (κ2) is 7.29. The summed E-state index contributed by atoms with van der Waals surface area (Å²) in [4.78, 5) is 35.6. The summed E-state index contributed by atoms with van der Waals surface area (Å²) in [6, 6.07) is 6.90. The molecule has 2 rings (SSSR count). The van der Waals surface area contributed by atoms with E-state index >= 15 is 0 Å². The largest absolute Gasteiger partial charge is 0.481 e. The first-order valence-electron chi connectivity index (χ1n) is 7.88. The molecule has 2 aromatic rings. The Kier molecular flexibility index (Phi) is 5.36. The maximum Gasteiger partial charge on any atom is 0.306 e. The van der Waals surface area contributed by atoms with Crippen LogP contribution in [0, 0.1) is 19.8 Å². The van der Waals surface area contributed by atoms with Gasteiger partial charge in [0.15, 0.2) is 0 Å². The van der Waals surface area contributed by atoms with Crippen LogP contribution in [0.4, 0.5) is 5.69 Å². The summed E-state index contributed by atoms with van der Waals surface area (Å²) in [7, 11) is 1.50. The molecular weight excluding hydrogens is 322 g/mol. The molecule has 1 unspecified atom stereocenters. The number of carboxylic acids is 1. The summed E-state index contributed by atoms with van der Waals surface area (Å²) in [5, 5.41) is 15.7. The number of benzene rings is 1. The van der Waals surface area contributed by atoms with Crippen molar-refractivity contribution in [3.05, 3.63) is 57.0 Å². The number of anilines is 1. The monoisotopic (exact) mass is 343 g/mol. The highest BCUT2D eigenvalue weighted by molar-refractivity contribution is 6.05. The third-order valence-electron chi connectivity index (χ3n) is 4.13. The van der Waals surface area contributed by atoms with Gasteiger partial charge in [-0.3, -0.25) is 14.4 Å². The molecule has 2 N–H and O–H groups in total. The number of aryl methyl sites for hydroxylation is 2. The molecule has 0 aliphatic heterocycles. The second-order valence-corrected chi connectivity index (χ2v) is 6.11. The third-order valence-corrected chi connectivity index (χ3v) is 4.13. The quantitative estimate of drug-likeness (QED) is 0.863. The van der Waals surface area contributed by atoms with Gasteiger partial charge in [0.1, 0.15) is 5.56 Å². The van der Waals surface area contributed by atoms with Crippen molar-refractivity contribution in [3.8, 4) is 0 Å². The van der Waals surface area contributed by atoms with Crippen molar-refractivity contribution in [1.29, 1.82) is 0 Å². The summed E-state index contributed by atoms with van der Waals surface area (Å²) in [5.74, 6) is -1.82. The van der Waals surface area contributed by atoms with Gasteiger partial charge in [0.25, 0.3) is 11.5 Å². The molecule has 0 fully saturated rings. The molecule has 1 atom stereocenters. The molecule has 132 valence electrons. The van der Waals surface area contributed by atoms with E-state index < -0.39 is 23.4 Å². The zero-order valence-corrected chi connectivity index (χ0v) is 14.7. The van der Waals surface area contributed by atoms with Crippen LogP contribution in [0.25, 0.3) is 0 Å². The van der Waals surface area contributed by atoms with Gasteiger partial charge in [-0.15, -0.1) is 0 Å². The van der Waals surface area contributed by atoms with Gasteiger partial charge in [-0.2, -0.15) is 5.10 Å². The Bertz CT molecular complexity index is 869. The predicted octanol–water partition coefficient (Wildman–Crippen LogP) is 1.91. The topological polar surface area (TPSA) is 101 Å². The van der Waals surface area contributed by atoms with Crippen LogP contribution < -0.4 is 10.9 Å². The van der Waals surface area contributed by atoms with E-state index in [0.29, 0.717) is 23.4 Å². The Balaban J connectivity index is 2.19. The van der Waals surface area contributed by atoms with Gasteiger partial charge >= 0.3 is 5.97 Å². The molecule has 0 aliphatic carbocycles. The lowest BCUT2D eigenvalue weighted by Gasteiger charge is -2.11. The van der Waals surface area contributed by atoms with Gasteiger partial charge in [-0.25, -0.2) is 4.68 Å². The van der Waals surface area contributed by atoms with Crippen LogP contribution in [0.1, 0.15) is 34.1 Å². The SMILES string of the molecule is Cc1nn(C)c(=O)c(C(=O)Nc2ccc(CC(C)C(=O)O)cc2)c1C. The first kappa shape index (κ1) is 18.4. The molecule has 1 heterocycles. The standard InChI is InChI=1S/C18H21N3O4/c1-10(18(24)25)9-13-5-7-14(8-6-13)19-16(22)15-11(2)12(3)20-21(4)17(15)23/h5-8,10H,9H2,1-4H3,(H,19,22)(H,24,25). The molecule has 0 saturated heterocycles. The summed E-state index contributed by atoms with van der Waals surface area (Å²) in [6.45, 7) is 5.07. The average Bonchev–Trinajstić information content (AvgIpc) is 2.55. The van der Waals surface area contributed by atoms with E-state index in [1.807, 2.05) is 0 Å². The van der Waals surface area contributed by atoms with Crippen LogP contribution in [0.2, 0.25) is 0 Å². The van der Waals surface area contributed by atoms with Crippen LogP contribution >= 0.6 is 0 Å². The number of amides is 1. The summed E-state index contributed by atoms with van der Waals surface area (Å²) < 4.78 is 1.15. The number of aliphatic carboxylic acids is 1. The van der Waals surface area contributed by atoms with Crippen molar-refractivity contribution in [2.45, 2.75) is 27.2 Å². The molecular formula is C18H21N3O4. The third kappa shape index (κ3) is 4.12. The zero-order valence-electron chi connectivity index (χ0n) is 14.7. The van der Waals surface area contributed by atoms with Crippen LogP contribution in [-0.2, 0) is 18.3 Å². The van der Waals surface area contributed by atoms with E-state index in [4.69, 9.17) is 5.11 Å². The number of carboxylic acid groups (broad SMARTS) is 1. The van der Waals surface area contributed by atoms with Gasteiger partial charge in [0, 0.05) is 12.7 Å². The molecule has 1 aromatic carbocycles. The summed E-state index contributed by atoms with van der Waals surface area (Å²) >= 11 is 0. The molecule has 7 nitrogen and oxygen atoms in total. The van der Waals surface area contributed by atoms with E-state index in [1.165, 1.54) is 7.05 Å². The second-order valence-electron chi connectivity index (χ2n) is 6.11. The fraction of sp³-hybridized carbons (Fsp3) is 0.333. The zero-order chi connectivity index (χ0) is 18.7. The van der Waals surface area contributed by atoms with Gasteiger partial charge in [0.2, 0.25) is 0 Å². The van der Waals surface area contributed by atoms with Gasteiger partial charge < -0.3 is 10.4 Å². The minimum Gasteiger partial charge on any atom is -0.481 e. The molecule has 25 heavy (non-hydrogen) atoms. The van der Waals surface area contributed by atoms with Gasteiger partial charge in [0.05, 0.1) is 11.6 Å². The Morgan fingerprint density at radius 2 is 1.84 bits per heavy atom. The Morgan fingerprint density at radius 1 is 1.24 bits per heavy atom. The number of nitrogens with zero attached hydrogens (tertiary/aromatic N) is 2. The van der Waals surface area contributed by atoms with Crippen LogP contribution in [0.3, 0.4) is 0 Å². The summed E-state index contributed by atoms with van der Waals surface area (Å²) in [5.41, 5.74) is 2.18. The molecule has 0 saturated carbocycles. The van der Waals surface area contributed by atoms with E-state index in [2.05, 4.69) is 10.4 Å². The van der Waals surface area contributed by atoms with Crippen molar-refractivity contribution in [2.24, 2.45) is 13.0 Å². The van der Waals surface area contributed by atoms with Crippen molar-refractivity contribution in [3.63, 3.8) is 0 Å². The number of aromatic nitrogens is 2. The Hall–Kier alpha value is -2.96. The lowest BCUT2D eigenvalue weighted by Crippen LogP contribution is -2.31. The molecule has 7 heteroatoms. The molecule has 0 aliphatic rings. The fourth-order valence-corrected chi connectivity index (χ4v) is 2.47. The lowest BCUT2D eigenvalue weighted by molar-refractivity contribution is -0.141. The molecule has 0 spiro atoms. The normalized spacial score (nSPS) is 11.8. The van der Waals surface area contributed by atoms with Gasteiger partial charge in [-0.1, -0.05) is 19.1 Å². The Labute approximate surface area is 145 Å². The van der Waals surface area contributed by atoms with Crippen molar-refractivity contribution in [1.82, 2.24) is 9.78 Å². The average molecular weight is 343 g/mol. The van der Waals surface area contributed by atoms with Crippen molar-refractivity contribution < 1.29 is 14.7 Å². The minimum absolute atomic E-state index is 0.0681. The van der Waals surface area contributed by atoms with E-state index in [9.17, 15) is 14.4 Å². The highest BCUT2D eigenvalue weighted by Crippen LogP contribution is 2.15. The number of rotatable bonds is 5. The first-order valence-corrected chi connectivity index (χ1v) is 7.88. The predicted molar refractivity (Wildman–Crippen MR) is 93.9 cm³/mol. The molecule has 1 aromatic heterocycles. The van der Waals surface area contributed by atoms with Crippen LogP contribution in [0.5, 0.6) is 0 Å². The highest BCUT2D eigenvalue weighted by Gasteiger charge is 2.18. The van der Waals surface area contributed by atoms with Crippen LogP contribution in [0.15, 0.2) is 29.1 Å². The number of hydrogen-bond donors (Lipinski definition) is 2. The molecule has 1 amide bonds. The maximum absolute atomic E-state index is 12.5. The smallest absolute Gasteiger partial charge is 0.306 e. The van der Waals surface area contributed by atoms with E-state index in [0.717, 1.165) is 10.2 Å². The fourth-order valence-electron chi connectivity index (χ4n) is 2.47. The van der Waals surface area contributed by atoms with Crippen molar-refractivity contribution in [2.75, 3.05) is 5.32 Å². The van der Waals surface area contributed by atoms with E-state index in [-0.39, 0.29) is 5.56 Å². The number of carbonyl (C=O) groups excluding carboxylic acids is 1. The molecule has 0 bridgehead atoms. The highest BCUT2D eigenvalue weighted by atomic mass is 16.4. The van der Waals surface area contributed by atoms with Gasteiger partial charge in [-0.05, 0) is 43.5 Å². The van der Waals surface area contributed by atoms with E-state index in [1.54, 1.807) is 45.0 Å². The van der Waals surface area contributed by atoms with Crippen LogP contribution in [-0.4, -0.2) is 26.8 Å². The number of nitrogens with one attached hydrogen (secondary N) is 1.